The molecule has 2 N–H and O–H groups in total. The molecule has 7 nitrogen and oxygen atoms in total. The van der Waals surface area contributed by atoms with Gasteiger partial charge in [-0.1, -0.05) is 6.07 Å². The topological polar surface area (TPSA) is 93.6 Å². The lowest BCUT2D eigenvalue weighted by molar-refractivity contribution is 0.0525. The van der Waals surface area contributed by atoms with Crippen LogP contribution < -0.4 is 14.8 Å². The Labute approximate surface area is 147 Å². The minimum absolute atomic E-state index is 0.0544. The molecule has 3 aromatic rings. The normalized spacial score (nSPS) is 15.1. The minimum atomic E-state index is -1.25. The SMILES string of the molecule is C[C@](O)(CNC(=O)c1ccc2nsnc2c1)c1ccc2c(c1)OCO2. The number of hydrogen-bond acceptors (Lipinski definition) is 7. The number of fused-ring (bicyclic) bond motifs is 2. The van der Waals surface area contributed by atoms with Crippen LogP contribution >= 0.6 is 11.7 Å². The van der Waals surface area contributed by atoms with E-state index in [1.807, 2.05) is 0 Å². The molecule has 1 atom stereocenters. The first-order valence-electron chi connectivity index (χ1n) is 7.66. The molecule has 2 aromatic carbocycles. The third-order valence-electron chi connectivity index (χ3n) is 4.10. The Morgan fingerprint density at radius 3 is 2.88 bits per heavy atom. The van der Waals surface area contributed by atoms with Gasteiger partial charge in [0.2, 0.25) is 6.79 Å². The van der Waals surface area contributed by atoms with Crippen molar-refractivity contribution in [3.8, 4) is 11.5 Å². The highest BCUT2D eigenvalue weighted by molar-refractivity contribution is 7.00. The van der Waals surface area contributed by atoms with E-state index in [1.54, 1.807) is 43.3 Å². The van der Waals surface area contributed by atoms with Gasteiger partial charge < -0.3 is 19.9 Å². The van der Waals surface area contributed by atoms with Crippen molar-refractivity contribution in [1.82, 2.24) is 14.1 Å². The molecular formula is C17H15N3O4S. The summed E-state index contributed by atoms with van der Waals surface area (Å²) in [4.78, 5) is 12.4. The first kappa shape index (κ1) is 15.8. The van der Waals surface area contributed by atoms with E-state index in [4.69, 9.17) is 9.47 Å². The van der Waals surface area contributed by atoms with Gasteiger partial charge in [-0.2, -0.15) is 8.75 Å². The fourth-order valence-corrected chi connectivity index (χ4v) is 3.13. The lowest BCUT2D eigenvalue weighted by Crippen LogP contribution is -2.38. The zero-order chi connectivity index (χ0) is 17.4. The monoisotopic (exact) mass is 357 g/mol. The molecular weight excluding hydrogens is 342 g/mol. The lowest BCUT2D eigenvalue weighted by atomic mass is 9.95. The predicted octanol–water partition coefficient (Wildman–Crippen LogP) is 2.06. The van der Waals surface area contributed by atoms with Crippen LogP contribution in [0.3, 0.4) is 0 Å². The zero-order valence-electron chi connectivity index (χ0n) is 13.4. The first-order chi connectivity index (χ1) is 12.0. The maximum absolute atomic E-state index is 12.4. The van der Waals surface area contributed by atoms with Crippen molar-refractivity contribution < 1.29 is 19.4 Å². The number of ether oxygens (including phenoxy) is 2. The predicted molar refractivity (Wildman–Crippen MR) is 91.9 cm³/mol. The Kier molecular flexibility index (Phi) is 3.78. The summed E-state index contributed by atoms with van der Waals surface area (Å²) in [5.74, 6) is 0.954. The van der Waals surface area contributed by atoms with E-state index in [9.17, 15) is 9.90 Å². The third kappa shape index (κ3) is 3.01. The third-order valence-corrected chi connectivity index (χ3v) is 4.66. The van der Waals surface area contributed by atoms with Crippen molar-refractivity contribution in [2.75, 3.05) is 13.3 Å². The minimum Gasteiger partial charge on any atom is -0.454 e. The molecule has 1 aliphatic heterocycles. The van der Waals surface area contributed by atoms with Crippen LogP contribution in [0.5, 0.6) is 11.5 Å². The quantitative estimate of drug-likeness (QED) is 0.742. The average molecular weight is 357 g/mol. The molecule has 0 saturated carbocycles. The molecule has 25 heavy (non-hydrogen) atoms. The van der Waals surface area contributed by atoms with E-state index in [2.05, 4.69) is 14.1 Å². The summed E-state index contributed by atoms with van der Waals surface area (Å²) in [6.45, 7) is 1.86. The zero-order valence-corrected chi connectivity index (χ0v) is 14.2. The summed E-state index contributed by atoms with van der Waals surface area (Å²) in [7, 11) is 0. The summed E-state index contributed by atoms with van der Waals surface area (Å²) < 4.78 is 18.8. The second-order valence-corrected chi connectivity index (χ2v) is 6.52. The van der Waals surface area contributed by atoms with Gasteiger partial charge in [0.05, 0.1) is 18.3 Å². The fraction of sp³-hybridized carbons (Fsp3) is 0.235. The van der Waals surface area contributed by atoms with Gasteiger partial charge in [-0.15, -0.1) is 0 Å². The summed E-state index contributed by atoms with van der Waals surface area (Å²) >= 11 is 1.10. The van der Waals surface area contributed by atoms with Crippen molar-refractivity contribution in [3.05, 3.63) is 47.5 Å². The summed E-state index contributed by atoms with van der Waals surface area (Å²) in [6, 6.07) is 10.4. The van der Waals surface area contributed by atoms with Gasteiger partial charge in [-0.3, -0.25) is 4.79 Å². The van der Waals surface area contributed by atoms with Gasteiger partial charge >= 0.3 is 0 Å². The highest BCUT2D eigenvalue weighted by atomic mass is 32.1. The van der Waals surface area contributed by atoms with Crippen LogP contribution in [0.4, 0.5) is 0 Å². The fourth-order valence-electron chi connectivity index (χ4n) is 2.61. The van der Waals surface area contributed by atoms with Crippen LogP contribution in [-0.2, 0) is 5.60 Å². The highest BCUT2D eigenvalue weighted by Gasteiger charge is 2.27. The maximum atomic E-state index is 12.4. The molecule has 0 saturated heterocycles. The number of hydrogen-bond donors (Lipinski definition) is 2. The number of aromatic nitrogens is 2. The number of rotatable bonds is 4. The molecule has 8 heteroatoms. The molecule has 0 aliphatic carbocycles. The Morgan fingerprint density at radius 2 is 2.00 bits per heavy atom. The lowest BCUT2D eigenvalue weighted by Gasteiger charge is -2.24. The van der Waals surface area contributed by atoms with Crippen LogP contribution in [0.2, 0.25) is 0 Å². The standard InChI is InChI=1S/C17H15N3O4S/c1-17(22,11-3-5-14-15(7-11)24-9-23-14)8-18-16(21)10-2-4-12-13(6-10)20-25-19-12/h2-7,22H,8-9H2,1H3,(H,18,21)/t17-/m0/s1. The largest absolute Gasteiger partial charge is 0.454 e. The van der Waals surface area contributed by atoms with E-state index in [-0.39, 0.29) is 19.2 Å². The molecule has 1 aromatic heterocycles. The summed E-state index contributed by atoms with van der Waals surface area (Å²) in [6.07, 6.45) is 0. The number of amides is 1. The molecule has 0 unspecified atom stereocenters. The van der Waals surface area contributed by atoms with Crippen LogP contribution in [-0.4, -0.2) is 33.1 Å². The molecule has 0 radical (unpaired) electrons. The van der Waals surface area contributed by atoms with Crippen molar-refractivity contribution in [2.45, 2.75) is 12.5 Å². The molecule has 0 spiro atoms. The number of nitrogens with one attached hydrogen (secondary N) is 1. The molecule has 2 heterocycles. The molecule has 4 rings (SSSR count). The van der Waals surface area contributed by atoms with Gasteiger partial charge in [0.25, 0.3) is 5.91 Å². The Bertz CT molecular complexity index is 954. The first-order valence-corrected chi connectivity index (χ1v) is 8.39. The maximum Gasteiger partial charge on any atom is 0.251 e. The van der Waals surface area contributed by atoms with Crippen LogP contribution in [0.1, 0.15) is 22.8 Å². The van der Waals surface area contributed by atoms with Crippen LogP contribution in [0.15, 0.2) is 36.4 Å². The van der Waals surface area contributed by atoms with Crippen LogP contribution in [0, 0.1) is 0 Å². The van der Waals surface area contributed by atoms with Gasteiger partial charge in [-0.05, 0) is 42.8 Å². The van der Waals surface area contributed by atoms with Gasteiger partial charge in [0.1, 0.15) is 16.6 Å². The molecule has 128 valence electrons. The van der Waals surface area contributed by atoms with Crippen molar-refractivity contribution in [1.29, 1.82) is 0 Å². The van der Waals surface area contributed by atoms with E-state index in [0.717, 1.165) is 17.2 Å². The van der Waals surface area contributed by atoms with Gasteiger partial charge in [-0.25, -0.2) is 0 Å². The van der Waals surface area contributed by atoms with E-state index in [0.29, 0.717) is 28.1 Å². The van der Waals surface area contributed by atoms with Gasteiger partial charge in [0.15, 0.2) is 11.5 Å². The molecule has 0 fully saturated rings. The Balaban J connectivity index is 1.48. The number of benzene rings is 2. The Hall–Kier alpha value is -2.71. The van der Waals surface area contributed by atoms with Gasteiger partial charge in [0, 0.05) is 5.56 Å². The second kappa shape index (κ2) is 5.98. The summed E-state index contributed by atoms with van der Waals surface area (Å²) in [5.41, 5.74) is 1.30. The number of carbonyl (C=O) groups excluding carboxylic acids is 1. The average Bonchev–Trinajstić information content (AvgIpc) is 3.26. The summed E-state index contributed by atoms with van der Waals surface area (Å²) in [5, 5.41) is 13.5. The second-order valence-electron chi connectivity index (χ2n) is 5.99. The van der Waals surface area contributed by atoms with Crippen LogP contribution in [0.25, 0.3) is 11.0 Å². The van der Waals surface area contributed by atoms with E-state index >= 15 is 0 Å². The molecule has 0 bridgehead atoms. The number of nitrogens with zero attached hydrogens (tertiary/aromatic N) is 2. The number of carbonyl (C=O) groups is 1. The molecule has 1 aliphatic rings. The Morgan fingerprint density at radius 1 is 1.20 bits per heavy atom. The van der Waals surface area contributed by atoms with E-state index in [1.165, 1.54) is 0 Å². The number of aliphatic hydroxyl groups is 1. The smallest absolute Gasteiger partial charge is 0.251 e. The van der Waals surface area contributed by atoms with Crippen molar-refractivity contribution in [2.24, 2.45) is 0 Å². The molecule has 1 amide bonds. The van der Waals surface area contributed by atoms with Crippen molar-refractivity contribution in [3.63, 3.8) is 0 Å². The van der Waals surface area contributed by atoms with E-state index < -0.39 is 5.60 Å². The highest BCUT2D eigenvalue weighted by Crippen LogP contribution is 2.35. The van der Waals surface area contributed by atoms with Crippen molar-refractivity contribution >= 4 is 28.7 Å².